The minimum atomic E-state index is -0.898. The van der Waals surface area contributed by atoms with Crippen LogP contribution in [0.25, 0.3) is 0 Å². The molecule has 0 amide bonds. The minimum Gasteiger partial charge on any atom is -0.478 e. The molecule has 0 aliphatic carbocycles. The van der Waals surface area contributed by atoms with Gasteiger partial charge in [-0.2, -0.15) is 0 Å². The second-order valence-electron chi connectivity index (χ2n) is 7.88. The number of anilines is 2. The summed E-state index contributed by atoms with van der Waals surface area (Å²) in [5, 5.41) is 9.14. The number of carbonyl (C=O) groups is 2. The smallest absolute Gasteiger partial charge is 0.338 e. The van der Waals surface area contributed by atoms with E-state index < -0.39 is 5.97 Å². The first-order valence-corrected chi connectivity index (χ1v) is 12.9. The summed E-state index contributed by atoms with van der Waals surface area (Å²) in [6, 6.07) is 11.9. The van der Waals surface area contributed by atoms with Crippen molar-refractivity contribution in [3.8, 4) is 0 Å². The summed E-state index contributed by atoms with van der Waals surface area (Å²) in [5.41, 5.74) is 3.15. The second-order valence-corrected chi connectivity index (χ2v) is 8.26. The summed E-state index contributed by atoms with van der Waals surface area (Å²) in [6.45, 7) is 14.2. The van der Waals surface area contributed by atoms with Gasteiger partial charge in [-0.15, -0.1) is 0 Å². The third kappa shape index (κ3) is 11.0. The second kappa shape index (κ2) is 17.8. The van der Waals surface area contributed by atoms with Gasteiger partial charge in [0, 0.05) is 48.0 Å². The zero-order valence-electron chi connectivity index (χ0n) is 21.5. The molecule has 10 heteroatoms. The van der Waals surface area contributed by atoms with Crippen LogP contribution in [0, 0.1) is 0 Å². The van der Waals surface area contributed by atoms with Gasteiger partial charge in [-0.3, -0.25) is 9.67 Å². The first kappa shape index (κ1) is 31.5. The molecule has 0 saturated heterocycles. The van der Waals surface area contributed by atoms with Crippen LogP contribution in [0.1, 0.15) is 54.0 Å². The normalized spacial score (nSPS) is 10.6. The van der Waals surface area contributed by atoms with Crippen molar-refractivity contribution >= 4 is 46.9 Å². The lowest BCUT2D eigenvalue weighted by molar-refractivity contribution is 0.0466. The molecule has 2 aromatic rings. The Morgan fingerprint density at radius 2 is 1.36 bits per heavy atom. The number of esters is 1. The van der Waals surface area contributed by atoms with E-state index in [2.05, 4.69) is 47.2 Å². The Morgan fingerprint density at radius 3 is 1.86 bits per heavy atom. The van der Waals surface area contributed by atoms with Gasteiger partial charge in [-0.05, 0) is 80.6 Å². The Kier molecular flexibility index (Phi) is 15.6. The highest BCUT2D eigenvalue weighted by atomic mass is 35.5. The average Bonchev–Trinajstić information content (AvgIpc) is 2.91. The molecule has 8 nitrogen and oxygen atoms in total. The number of halogens is 2. The van der Waals surface area contributed by atoms with E-state index in [0.29, 0.717) is 24.2 Å². The van der Waals surface area contributed by atoms with Crippen LogP contribution in [0.15, 0.2) is 42.5 Å². The number of hydrogen-bond acceptors (Lipinski definition) is 7. The molecule has 0 saturated carbocycles. The van der Waals surface area contributed by atoms with Gasteiger partial charge in [-0.1, -0.05) is 27.7 Å². The van der Waals surface area contributed by atoms with E-state index in [1.54, 1.807) is 42.5 Å². The molecule has 0 spiro atoms. The van der Waals surface area contributed by atoms with Crippen molar-refractivity contribution in [1.82, 2.24) is 9.80 Å². The van der Waals surface area contributed by atoms with Gasteiger partial charge in [0.05, 0.1) is 11.1 Å². The van der Waals surface area contributed by atoms with Crippen LogP contribution in [0.2, 0.25) is 0 Å². The molecule has 0 aliphatic rings. The number of likely N-dealkylation sites (N-methyl/N-ethyl adjacent to an activating group) is 2. The molecule has 3 N–H and O–H groups in total. The molecule has 0 aromatic heterocycles. The Morgan fingerprint density at radius 1 is 0.833 bits per heavy atom. The summed E-state index contributed by atoms with van der Waals surface area (Å²) < 4.78 is 5.20. The first-order chi connectivity index (χ1) is 17.3. The third-order valence-electron chi connectivity index (χ3n) is 5.80. The van der Waals surface area contributed by atoms with Gasteiger partial charge in [0.2, 0.25) is 0 Å². The molecule has 0 radical (unpaired) electrons. The van der Waals surface area contributed by atoms with Crippen LogP contribution in [-0.4, -0.2) is 72.7 Å². The first-order valence-electron chi connectivity index (χ1n) is 12.1. The zero-order chi connectivity index (χ0) is 26.9. The van der Waals surface area contributed by atoms with Crippen LogP contribution in [0.5, 0.6) is 0 Å². The summed E-state index contributed by atoms with van der Waals surface area (Å²) in [7, 11) is 0. The Hall–Kier alpha value is -2.52. The topological polar surface area (TPSA) is 94.1 Å². The van der Waals surface area contributed by atoms with Gasteiger partial charge in [0.25, 0.3) is 0 Å². The van der Waals surface area contributed by atoms with E-state index in [1.165, 1.54) is 0 Å². The van der Waals surface area contributed by atoms with E-state index in [0.717, 1.165) is 56.2 Å². The summed E-state index contributed by atoms with van der Waals surface area (Å²) >= 11 is 11.0. The lowest BCUT2D eigenvalue weighted by Gasteiger charge is -2.18. The predicted octanol–water partition coefficient (Wildman–Crippen LogP) is 5.59. The average molecular weight is 542 g/mol. The molecule has 0 unspecified atom stereocenters. The molecule has 0 heterocycles. The minimum absolute atomic E-state index is 0.303. The molecule has 0 atom stereocenters. The number of carboxylic acid groups (broad SMARTS) is 1. The number of nitrogens with zero attached hydrogens (tertiary/aromatic N) is 2. The number of aromatic carboxylic acids is 1. The largest absolute Gasteiger partial charge is 0.478 e. The van der Waals surface area contributed by atoms with Crippen LogP contribution >= 0.6 is 23.6 Å². The molecule has 36 heavy (non-hydrogen) atoms. The highest BCUT2D eigenvalue weighted by Gasteiger charge is 2.12. The number of hydrogen-bond donors (Lipinski definition) is 3. The SMILES string of the molecule is CCN(CC)CCOC(=O)c1ccc(NCl)cc1.CCN(CC)CCc1cc(NCl)ccc1C(=O)O. The quantitative estimate of drug-likeness (QED) is 0.211. The van der Waals surface area contributed by atoms with E-state index in [9.17, 15) is 9.59 Å². The van der Waals surface area contributed by atoms with Crippen LogP contribution in [0.4, 0.5) is 11.4 Å². The number of benzene rings is 2. The fourth-order valence-electron chi connectivity index (χ4n) is 3.45. The van der Waals surface area contributed by atoms with E-state index in [4.69, 9.17) is 33.4 Å². The molecule has 0 fully saturated rings. The number of rotatable bonds is 14. The van der Waals surface area contributed by atoms with Gasteiger partial charge >= 0.3 is 11.9 Å². The lowest BCUT2D eigenvalue weighted by atomic mass is 10.0. The molecule has 200 valence electrons. The number of carboxylic acids is 1. The van der Waals surface area contributed by atoms with Crippen LogP contribution < -0.4 is 9.67 Å². The predicted molar refractivity (Wildman–Crippen MR) is 148 cm³/mol. The summed E-state index contributed by atoms with van der Waals surface area (Å²) in [4.78, 5) is 32.3. The van der Waals surface area contributed by atoms with Crippen molar-refractivity contribution in [2.45, 2.75) is 34.1 Å². The Labute approximate surface area is 224 Å². The summed E-state index contributed by atoms with van der Waals surface area (Å²) in [5.74, 6) is -1.20. The number of carbonyl (C=O) groups excluding carboxylic acids is 1. The summed E-state index contributed by atoms with van der Waals surface area (Å²) in [6.07, 6.45) is 0.704. The maximum Gasteiger partial charge on any atom is 0.338 e. The van der Waals surface area contributed by atoms with Crippen molar-refractivity contribution in [2.24, 2.45) is 0 Å². The standard InChI is InChI=1S/2C13H19ClN2O2/c1-3-16(4-2)9-10-18-13(17)11-5-7-12(15-14)8-6-11;1-3-16(4-2)8-7-10-9-11(15-14)5-6-12(10)13(17)18/h5-8,15H,3-4,9-10H2,1-2H3;5-6,9,15H,3-4,7-8H2,1-2H3,(H,17,18). The van der Waals surface area contributed by atoms with Crippen molar-refractivity contribution in [2.75, 3.05) is 55.5 Å². The van der Waals surface area contributed by atoms with E-state index in [1.807, 2.05) is 0 Å². The van der Waals surface area contributed by atoms with Gasteiger partial charge in [-0.25, -0.2) is 9.59 Å². The molecular weight excluding hydrogens is 503 g/mol. The van der Waals surface area contributed by atoms with Gasteiger partial charge in [0.15, 0.2) is 0 Å². The maximum atomic E-state index is 11.7. The fraction of sp³-hybridized carbons (Fsp3) is 0.462. The number of ether oxygens (including phenoxy) is 1. The Bertz CT molecular complexity index is 921. The van der Waals surface area contributed by atoms with Gasteiger partial charge < -0.3 is 19.6 Å². The van der Waals surface area contributed by atoms with Crippen LogP contribution in [0.3, 0.4) is 0 Å². The highest BCUT2D eigenvalue weighted by molar-refractivity contribution is 6.24. The van der Waals surface area contributed by atoms with Gasteiger partial charge in [0.1, 0.15) is 6.61 Å². The number of nitrogens with one attached hydrogen (secondary N) is 2. The Balaban J connectivity index is 0.000000360. The zero-order valence-corrected chi connectivity index (χ0v) is 23.0. The molecule has 0 aliphatic heterocycles. The molecule has 2 rings (SSSR count). The monoisotopic (exact) mass is 540 g/mol. The lowest BCUT2D eigenvalue weighted by Crippen LogP contribution is -2.27. The van der Waals surface area contributed by atoms with Crippen LogP contribution in [-0.2, 0) is 11.2 Å². The van der Waals surface area contributed by atoms with Crippen molar-refractivity contribution < 1.29 is 19.4 Å². The van der Waals surface area contributed by atoms with E-state index in [-0.39, 0.29) is 5.97 Å². The van der Waals surface area contributed by atoms with Crippen molar-refractivity contribution in [3.05, 3.63) is 59.2 Å². The molecule has 2 aromatic carbocycles. The molecular formula is C26H38Cl2N4O4. The van der Waals surface area contributed by atoms with Crippen molar-refractivity contribution in [1.29, 1.82) is 0 Å². The fourth-order valence-corrected chi connectivity index (χ4v) is 3.69. The molecule has 0 bridgehead atoms. The van der Waals surface area contributed by atoms with Crippen molar-refractivity contribution in [3.63, 3.8) is 0 Å². The third-order valence-corrected chi connectivity index (χ3v) is 6.24. The highest BCUT2D eigenvalue weighted by Crippen LogP contribution is 2.18. The maximum absolute atomic E-state index is 11.7. The van der Waals surface area contributed by atoms with E-state index >= 15 is 0 Å².